The Labute approximate surface area is 204 Å². The van der Waals surface area contributed by atoms with E-state index in [9.17, 15) is 19.2 Å². The first-order valence-corrected chi connectivity index (χ1v) is 11.5. The molecule has 178 valence electrons. The Morgan fingerprint density at radius 2 is 1.49 bits per heavy atom. The van der Waals surface area contributed by atoms with Crippen molar-refractivity contribution in [2.75, 3.05) is 11.9 Å². The molecule has 1 aliphatic heterocycles. The molecule has 3 aromatic rings. The average molecular weight is 470 g/mol. The van der Waals surface area contributed by atoms with Crippen LogP contribution in [0, 0.1) is 5.92 Å². The standard InChI is InChI=1S/C28H27N3O4/c1-19(2)25(33)29-23-15-13-21(14-16-23)24(32)18-31-26(34)28(30-27(31)35,22-11-7-4-8-12-22)17-20-9-5-3-6-10-20/h3-16,19H,17-18H2,1-2H3,(H,29,33)(H,30,35)/t28-/m1/s1. The van der Waals surface area contributed by atoms with E-state index in [4.69, 9.17) is 0 Å². The number of amides is 4. The van der Waals surface area contributed by atoms with Crippen LogP contribution in [0.3, 0.4) is 0 Å². The van der Waals surface area contributed by atoms with E-state index in [1.165, 1.54) is 0 Å². The molecule has 4 amide bonds. The minimum Gasteiger partial charge on any atom is -0.326 e. The summed E-state index contributed by atoms with van der Waals surface area (Å²) >= 11 is 0. The van der Waals surface area contributed by atoms with Gasteiger partial charge in [-0.25, -0.2) is 4.79 Å². The van der Waals surface area contributed by atoms with Crippen LogP contribution < -0.4 is 10.6 Å². The van der Waals surface area contributed by atoms with Crippen LogP contribution in [0.2, 0.25) is 0 Å². The van der Waals surface area contributed by atoms with Crippen molar-refractivity contribution in [2.24, 2.45) is 5.92 Å². The van der Waals surface area contributed by atoms with Crippen molar-refractivity contribution in [3.8, 4) is 0 Å². The molecule has 0 unspecified atom stereocenters. The van der Waals surface area contributed by atoms with Crippen LogP contribution in [0.4, 0.5) is 10.5 Å². The maximum atomic E-state index is 13.7. The van der Waals surface area contributed by atoms with Gasteiger partial charge in [0, 0.05) is 23.6 Å². The van der Waals surface area contributed by atoms with Crippen LogP contribution in [0.25, 0.3) is 0 Å². The lowest BCUT2D eigenvalue weighted by Crippen LogP contribution is -2.46. The molecule has 3 aromatic carbocycles. The monoisotopic (exact) mass is 469 g/mol. The molecule has 0 saturated carbocycles. The van der Waals surface area contributed by atoms with Gasteiger partial charge in [-0.1, -0.05) is 74.5 Å². The second-order valence-corrected chi connectivity index (χ2v) is 8.90. The smallest absolute Gasteiger partial charge is 0.325 e. The molecule has 7 nitrogen and oxygen atoms in total. The summed E-state index contributed by atoms with van der Waals surface area (Å²) in [5.74, 6) is -1.14. The van der Waals surface area contributed by atoms with E-state index in [1.54, 1.807) is 50.2 Å². The predicted molar refractivity (Wildman–Crippen MR) is 133 cm³/mol. The normalized spacial score (nSPS) is 17.4. The molecule has 0 spiro atoms. The lowest BCUT2D eigenvalue weighted by molar-refractivity contribution is -0.131. The largest absolute Gasteiger partial charge is 0.326 e. The first kappa shape index (κ1) is 23.9. The second-order valence-electron chi connectivity index (χ2n) is 8.90. The molecule has 1 heterocycles. The van der Waals surface area contributed by atoms with Gasteiger partial charge in [0.1, 0.15) is 0 Å². The zero-order valence-electron chi connectivity index (χ0n) is 19.7. The number of Topliss-reactive ketones (excluding diaryl/α,β-unsaturated/α-hetero) is 1. The molecule has 0 radical (unpaired) electrons. The number of anilines is 1. The van der Waals surface area contributed by atoms with Gasteiger partial charge in [0.05, 0.1) is 6.54 Å². The molecule has 1 fully saturated rings. The molecule has 0 bridgehead atoms. The summed E-state index contributed by atoms with van der Waals surface area (Å²) in [6.07, 6.45) is 0.261. The summed E-state index contributed by atoms with van der Waals surface area (Å²) in [5.41, 5.74) is 1.15. The summed E-state index contributed by atoms with van der Waals surface area (Å²) < 4.78 is 0. The van der Waals surface area contributed by atoms with Crippen LogP contribution in [0.1, 0.15) is 35.3 Å². The van der Waals surface area contributed by atoms with Gasteiger partial charge in [-0.05, 0) is 35.4 Å². The number of urea groups is 1. The number of rotatable bonds is 8. The van der Waals surface area contributed by atoms with Crippen molar-refractivity contribution in [2.45, 2.75) is 25.8 Å². The summed E-state index contributed by atoms with van der Waals surface area (Å²) in [6.45, 7) is 3.20. The molecule has 0 aromatic heterocycles. The van der Waals surface area contributed by atoms with E-state index in [1.807, 2.05) is 48.5 Å². The maximum Gasteiger partial charge on any atom is 0.325 e. The number of ketones is 1. The molecule has 1 atom stereocenters. The lowest BCUT2D eigenvalue weighted by atomic mass is 9.83. The van der Waals surface area contributed by atoms with Gasteiger partial charge in [-0.3, -0.25) is 19.3 Å². The Kier molecular flexibility index (Phi) is 6.78. The number of benzene rings is 3. The number of hydrogen-bond acceptors (Lipinski definition) is 4. The minimum atomic E-state index is -1.30. The molecule has 1 aliphatic rings. The van der Waals surface area contributed by atoms with Crippen molar-refractivity contribution in [3.63, 3.8) is 0 Å². The molecular formula is C28H27N3O4. The van der Waals surface area contributed by atoms with Gasteiger partial charge in [0.15, 0.2) is 11.3 Å². The highest BCUT2D eigenvalue weighted by Gasteiger charge is 2.52. The number of carbonyl (C=O) groups excluding carboxylic acids is 4. The molecule has 4 rings (SSSR count). The topological polar surface area (TPSA) is 95.6 Å². The predicted octanol–water partition coefficient (Wildman–Crippen LogP) is 4.15. The van der Waals surface area contributed by atoms with E-state index >= 15 is 0 Å². The number of nitrogens with one attached hydrogen (secondary N) is 2. The van der Waals surface area contributed by atoms with E-state index in [0.29, 0.717) is 16.8 Å². The molecular weight excluding hydrogens is 442 g/mol. The van der Waals surface area contributed by atoms with Crippen LogP contribution >= 0.6 is 0 Å². The highest BCUT2D eigenvalue weighted by atomic mass is 16.2. The van der Waals surface area contributed by atoms with Gasteiger partial charge in [0.2, 0.25) is 5.91 Å². The molecule has 7 heteroatoms. The number of carbonyl (C=O) groups is 4. The average Bonchev–Trinajstić information content (AvgIpc) is 3.10. The third kappa shape index (κ3) is 4.99. The molecule has 35 heavy (non-hydrogen) atoms. The third-order valence-corrected chi connectivity index (χ3v) is 6.05. The van der Waals surface area contributed by atoms with Crippen molar-refractivity contribution in [3.05, 3.63) is 102 Å². The quantitative estimate of drug-likeness (QED) is 0.383. The minimum absolute atomic E-state index is 0.126. The fraction of sp³-hybridized carbons (Fsp3) is 0.214. The zero-order chi connectivity index (χ0) is 25.0. The van der Waals surface area contributed by atoms with Crippen LogP contribution in [0.15, 0.2) is 84.9 Å². The summed E-state index contributed by atoms with van der Waals surface area (Å²) in [4.78, 5) is 52.5. The van der Waals surface area contributed by atoms with E-state index in [0.717, 1.165) is 10.5 Å². The van der Waals surface area contributed by atoms with E-state index in [2.05, 4.69) is 10.6 Å². The fourth-order valence-corrected chi connectivity index (χ4v) is 4.07. The lowest BCUT2D eigenvalue weighted by Gasteiger charge is -2.27. The third-order valence-electron chi connectivity index (χ3n) is 6.05. The Morgan fingerprint density at radius 1 is 0.886 bits per heavy atom. The number of hydrogen-bond donors (Lipinski definition) is 2. The maximum absolute atomic E-state index is 13.7. The molecule has 2 N–H and O–H groups in total. The summed E-state index contributed by atoms with van der Waals surface area (Å²) in [5, 5.41) is 5.64. The van der Waals surface area contributed by atoms with Gasteiger partial charge in [-0.15, -0.1) is 0 Å². The van der Waals surface area contributed by atoms with Crippen molar-refractivity contribution in [1.82, 2.24) is 10.2 Å². The Balaban J connectivity index is 1.56. The number of imide groups is 1. The van der Waals surface area contributed by atoms with Gasteiger partial charge >= 0.3 is 6.03 Å². The van der Waals surface area contributed by atoms with Gasteiger partial charge in [-0.2, -0.15) is 0 Å². The second kappa shape index (κ2) is 9.93. The van der Waals surface area contributed by atoms with Crippen molar-refractivity contribution in [1.29, 1.82) is 0 Å². The number of nitrogens with zero attached hydrogens (tertiary/aromatic N) is 1. The highest BCUT2D eigenvalue weighted by molar-refractivity contribution is 6.11. The highest BCUT2D eigenvalue weighted by Crippen LogP contribution is 2.33. The fourth-order valence-electron chi connectivity index (χ4n) is 4.07. The van der Waals surface area contributed by atoms with Gasteiger partial charge in [0.25, 0.3) is 5.91 Å². The summed E-state index contributed by atoms with van der Waals surface area (Å²) in [7, 11) is 0. The molecule has 0 aliphatic carbocycles. The van der Waals surface area contributed by atoms with Crippen molar-refractivity contribution >= 4 is 29.3 Å². The van der Waals surface area contributed by atoms with Crippen LogP contribution in [-0.2, 0) is 21.5 Å². The summed E-state index contributed by atoms with van der Waals surface area (Å²) in [6, 6.07) is 24.3. The first-order chi connectivity index (χ1) is 16.8. The first-order valence-electron chi connectivity index (χ1n) is 11.5. The Morgan fingerprint density at radius 3 is 2.09 bits per heavy atom. The SMILES string of the molecule is CC(C)C(=O)Nc1ccc(C(=O)CN2C(=O)N[C@](Cc3ccccc3)(c3ccccc3)C2=O)cc1. The van der Waals surface area contributed by atoms with Gasteiger partial charge < -0.3 is 10.6 Å². The Bertz CT molecular complexity index is 1240. The Hall–Kier alpha value is -4.26. The van der Waals surface area contributed by atoms with E-state index in [-0.39, 0.29) is 30.6 Å². The van der Waals surface area contributed by atoms with Crippen molar-refractivity contribution < 1.29 is 19.2 Å². The van der Waals surface area contributed by atoms with E-state index < -0.39 is 17.5 Å². The molecule has 1 saturated heterocycles. The zero-order valence-corrected chi connectivity index (χ0v) is 19.7. The van der Waals surface area contributed by atoms with Crippen LogP contribution in [-0.4, -0.2) is 35.1 Å². The van der Waals surface area contributed by atoms with Crippen LogP contribution in [0.5, 0.6) is 0 Å².